The molecule has 0 unspecified atom stereocenters. The van der Waals surface area contributed by atoms with E-state index in [1.54, 1.807) is 19.2 Å². The number of rotatable bonds is 8. The zero-order valence-electron chi connectivity index (χ0n) is 14.3. The maximum absolute atomic E-state index is 12.0. The molecule has 7 heteroatoms. The summed E-state index contributed by atoms with van der Waals surface area (Å²) >= 11 is 0. The van der Waals surface area contributed by atoms with Gasteiger partial charge in [0.25, 0.3) is 0 Å². The van der Waals surface area contributed by atoms with Crippen LogP contribution < -0.4 is 14.8 Å². The van der Waals surface area contributed by atoms with Gasteiger partial charge in [0, 0.05) is 6.54 Å². The second-order valence-corrected chi connectivity index (χ2v) is 7.51. The first-order valence-corrected chi connectivity index (χ1v) is 9.46. The number of sulfonamides is 1. The van der Waals surface area contributed by atoms with Gasteiger partial charge in [0.1, 0.15) is 5.75 Å². The quantitative estimate of drug-likeness (QED) is 0.747. The Morgan fingerprint density at radius 3 is 2.36 bits per heavy atom. The Morgan fingerprint density at radius 2 is 1.72 bits per heavy atom. The van der Waals surface area contributed by atoms with Crippen molar-refractivity contribution in [2.75, 3.05) is 14.2 Å². The molecule has 0 spiro atoms. The van der Waals surface area contributed by atoms with Crippen molar-refractivity contribution in [2.24, 2.45) is 0 Å². The average molecular weight is 362 g/mol. The second-order valence-electron chi connectivity index (χ2n) is 5.58. The molecule has 0 bridgehead atoms. The number of amides is 1. The lowest BCUT2D eigenvalue weighted by atomic mass is 10.1. The highest BCUT2D eigenvalue weighted by Crippen LogP contribution is 2.13. The Kier molecular flexibility index (Phi) is 6.55. The van der Waals surface area contributed by atoms with Crippen LogP contribution in [0, 0.1) is 0 Å². The lowest BCUT2D eigenvalue weighted by Gasteiger charge is -2.08. The summed E-state index contributed by atoms with van der Waals surface area (Å²) in [6, 6.07) is 14.5. The van der Waals surface area contributed by atoms with Gasteiger partial charge in [0.15, 0.2) is 0 Å². The number of carbonyl (C=O) groups is 1. The molecule has 0 heterocycles. The molecular weight excluding hydrogens is 340 g/mol. The third-order valence-electron chi connectivity index (χ3n) is 3.68. The van der Waals surface area contributed by atoms with Crippen LogP contribution in [0.25, 0.3) is 0 Å². The Hall–Kier alpha value is -2.38. The smallest absolute Gasteiger partial charge is 0.224 e. The standard InChI is InChI=1S/C18H22N2O4S/c1-19-25(22,23)13-15-8-6-14(7-9-15)12-20-18(21)11-16-4-3-5-17(10-16)24-2/h3-10,19H,11-13H2,1-2H3,(H,20,21). The van der Waals surface area contributed by atoms with Crippen LogP contribution in [0.15, 0.2) is 48.5 Å². The topological polar surface area (TPSA) is 84.5 Å². The van der Waals surface area contributed by atoms with Crippen LogP contribution in [0.4, 0.5) is 0 Å². The fourth-order valence-corrected chi connectivity index (χ4v) is 3.05. The molecule has 0 aromatic heterocycles. The zero-order valence-corrected chi connectivity index (χ0v) is 15.1. The summed E-state index contributed by atoms with van der Waals surface area (Å²) in [6.07, 6.45) is 0.274. The largest absolute Gasteiger partial charge is 0.497 e. The molecule has 0 aliphatic rings. The van der Waals surface area contributed by atoms with Crippen molar-refractivity contribution < 1.29 is 17.9 Å². The van der Waals surface area contributed by atoms with Crippen molar-refractivity contribution in [1.29, 1.82) is 0 Å². The first-order chi connectivity index (χ1) is 11.9. The van der Waals surface area contributed by atoms with Gasteiger partial charge in [-0.1, -0.05) is 36.4 Å². The van der Waals surface area contributed by atoms with Crippen LogP contribution >= 0.6 is 0 Å². The van der Waals surface area contributed by atoms with E-state index in [1.165, 1.54) is 7.05 Å². The molecule has 0 radical (unpaired) electrons. The van der Waals surface area contributed by atoms with E-state index in [0.29, 0.717) is 12.1 Å². The summed E-state index contributed by atoms with van der Waals surface area (Å²) in [5, 5.41) is 2.85. The predicted octanol–water partition coefficient (Wildman–Crippen LogP) is 1.60. The summed E-state index contributed by atoms with van der Waals surface area (Å²) in [5.74, 6) is 0.568. The first-order valence-electron chi connectivity index (χ1n) is 7.80. The van der Waals surface area contributed by atoms with E-state index in [2.05, 4.69) is 10.0 Å². The van der Waals surface area contributed by atoms with Crippen LogP contribution in [0.3, 0.4) is 0 Å². The normalized spacial score (nSPS) is 11.1. The number of hydrogen-bond acceptors (Lipinski definition) is 4. The molecule has 134 valence electrons. The molecule has 0 saturated heterocycles. The number of carbonyl (C=O) groups excluding carboxylic acids is 1. The summed E-state index contributed by atoms with van der Waals surface area (Å²) < 4.78 is 30.4. The van der Waals surface area contributed by atoms with Gasteiger partial charge in [0.2, 0.25) is 15.9 Å². The minimum Gasteiger partial charge on any atom is -0.497 e. The summed E-state index contributed by atoms with van der Waals surface area (Å²) in [5.41, 5.74) is 2.48. The van der Waals surface area contributed by atoms with Gasteiger partial charge in [-0.15, -0.1) is 0 Å². The van der Waals surface area contributed by atoms with Crippen molar-refractivity contribution >= 4 is 15.9 Å². The van der Waals surface area contributed by atoms with Gasteiger partial charge in [-0.2, -0.15) is 0 Å². The predicted molar refractivity (Wildman–Crippen MR) is 96.7 cm³/mol. The van der Waals surface area contributed by atoms with Crippen molar-refractivity contribution in [3.63, 3.8) is 0 Å². The van der Waals surface area contributed by atoms with E-state index >= 15 is 0 Å². The molecule has 0 aliphatic carbocycles. The second kappa shape index (κ2) is 8.64. The highest BCUT2D eigenvalue weighted by molar-refractivity contribution is 7.88. The van der Waals surface area contributed by atoms with Gasteiger partial charge >= 0.3 is 0 Å². The lowest BCUT2D eigenvalue weighted by Crippen LogP contribution is -2.24. The molecule has 2 N–H and O–H groups in total. The molecule has 0 atom stereocenters. The summed E-state index contributed by atoms with van der Waals surface area (Å²) in [7, 11) is -0.303. The average Bonchev–Trinajstić information content (AvgIpc) is 2.61. The third kappa shape index (κ3) is 6.21. The minimum atomic E-state index is -3.28. The Labute approximate surface area is 148 Å². The molecule has 2 aromatic rings. The Balaban J connectivity index is 1.87. The van der Waals surface area contributed by atoms with E-state index in [4.69, 9.17) is 4.74 Å². The Morgan fingerprint density at radius 1 is 1.04 bits per heavy atom. The number of hydrogen-bond donors (Lipinski definition) is 2. The van der Waals surface area contributed by atoms with Crippen LogP contribution in [-0.4, -0.2) is 28.5 Å². The minimum absolute atomic E-state index is 0.0635. The van der Waals surface area contributed by atoms with Crippen LogP contribution in [-0.2, 0) is 33.5 Å². The monoisotopic (exact) mass is 362 g/mol. The van der Waals surface area contributed by atoms with Gasteiger partial charge in [-0.05, 0) is 35.9 Å². The van der Waals surface area contributed by atoms with Gasteiger partial charge in [-0.3, -0.25) is 4.79 Å². The number of benzene rings is 2. The van der Waals surface area contributed by atoms with E-state index in [9.17, 15) is 13.2 Å². The molecule has 1 amide bonds. The van der Waals surface area contributed by atoms with Gasteiger partial charge in [0.05, 0.1) is 19.3 Å². The number of nitrogens with one attached hydrogen (secondary N) is 2. The molecule has 25 heavy (non-hydrogen) atoms. The Bertz CT molecular complexity index is 817. The van der Waals surface area contributed by atoms with Crippen LogP contribution in [0.5, 0.6) is 5.75 Å². The van der Waals surface area contributed by atoms with Gasteiger partial charge in [-0.25, -0.2) is 13.1 Å². The van der Waals surface area contributed by atoms with Crippen LogP contribution in [0.2, 0.25) is 0 Å². The fourth-order valence-electron chi connectivity index (χ4n) is 2.28. The summed E-state index contributed by atoms with van der Waals surface area (Å²) in [6.45, 7) is 0.391. The highest BCUT2D eigenvalue weighted by atomic mass is 32.2. The zero-order chi connectivity index (χ0) is 18.3. The summed E-state index contributed by atoms with van der Waals surface area (Å²) in [4.78, 5) is 12.0. The van der Waals surface area contributed by atoms with Crippen molar-refractivity contribution in [3.05, 3.63) is 65.2 Å². The first kappa shape index (κ1) is 19.0. The highest BCUT2D eigenvalue weighted by Gasteiger charge is 2.09. The van der Waals surface area contributed by atoms with E-state index in [1.807, 2.05) is 36.4 Å². The van der Waals surface area contributed by atoms with E-state index in [-0.39, 0.29) is 18.1 Å². The SMILES string of the molecule is CNS(=O)(=O)Cc1ccc(CNC(=O)Cc2cccc(OC)c2)cc1. The van der Waals surface area contributed by atoms with Gasteiger partial charge < -0.3 is 10.1 Å². The molecular formula is C18H22N2O4S. The molecule has 0 saturated carbocycles. The van der Waals surface area contributed by atoms with Crippen molar-refractivity contribution in [3.8, 4) is 5.75 Å². The molecule has 2 aromatic carbocycles. The maximum Gasteiger partial charge on any atom is 0.224 e. The molecule has 0 fully saturated rings. The number of methoxy groups -OCH3 is 1. The van der Waals surface area contributed by atoms with E-state index in [0.717, 1.165) is 16.9 Å². The van der Waals surface area contributed by atoms with E-state index < -0.39 is 10.0 Å². The lowest BCUT2D eigenvalue weighted by molar-refractivity contribution is -0.120. The molecule has 0 aliphatic heterocycles. The fraction of sp³-hybridized carbons (Fsp3) is 0.278. The maximum atomic E-state index is 12.0. The van der Waals surface area contributed by atoms with Crippen LogP contribution in [0.1, 0.15) is 16.7 Å². The molecule has 6 nitrogen and oxygen atoms in total. The molecule has 2 rings (SSSR count). The number of ether oxygens (including phenoxy) is 1. The van der Waals surface area contributed by atoms with Crippen molar-refractivity contribution in [2.45, 2.75) is 18.7 Å². The van der Waals surface area contributed by atoms with Crippen molar-refractivity contribution in [1.82, 2.24) is 10.0 Å². The third-order valence-corrected chi connectivity index (χ3v) is 5.01.